The molecule has 0 spiro atoms. The first-order valence-corrected chi connectivity index (χ1v) is 10.9. The molecule has 2 atom stereocenters. The molecule has 2 heterocycles. The highest BCUT2D eigenvalue weighted by molar-refractivity contribution is 6.05. The van der Waals surface area contributed by atoms with E-state index >= 15 is 0 Å². The van der Waals surface area contributed by atoms with Crippen molar-refractivity contribution in [3.8, 4) is 0 Å². The fourth-order valence-electron chi connectivity index (χ4n) is 4.26. The second kappa shape index (κ2) is 9.74. The quantitative estimate of drug-likeness (QED) is 0.449. The summed E-state index contributed by atoms with van der Waals surface area (Å²) in [6, 6.07) is 12.6. The highest BCUT2D eigenvalue weighted by Crippen LogP contribution is 2.28. The normalized spacial score (nSPS) is 18.2. The Balaban J connectivity index is 1.40. The molecule has 176 valence electrons. The maximum Gasteiger partial charge on any atom is 0.405 e. The minimum absolute atomic E-state index is 0.144. The highest BCUT2D eigenvalue weighted by atomic mass is 16.4. The lowest BCUT2D eigenvalue weighted by molar-refractivity contribution is -0.137. The van der Waals surface area contributed by atoms with E-state index < -0.39 is 30.0 Å². The number of piperidine rings is 1. The van der Waals surface area contributed by atoms with Gasteiger partial charge in [0.2, 0.25) is 17.7 Å². The number of nitrogens with one attached hydrogen (secondary N) is 3. The van der Waals surface area contributed by atoms with Crippen LogP contribution in [0.1, 0.15) is 39.9 Å². The Morgan fingerprint density at radius 2 is 1.85 bits per heavy atom. The van der Waals surface area contributed by atoms with Crippen molar-refractivity contribution in [2.75, 3.05) is 0 Å². The summed E-state index contributed by atoms with van der Waals surface area (Å²) >= 11 is 0. The van der Waals surface area contributed by atoms with Crippen LogP contribution in [0, 0.1) is 0 Å². The first-order valence-electron chi connectivity index (χ1n) is 10.9. The molecule has 1 unspecified atom stereocenters. The Hall–Kier alpha value is -4.21. The van der Waals surface area contributed by atoms with Gasteiger partial charge in [-0.15, -0.1) is 0 Å². The SMILES string of the molecule is O=C(O)N[C@H](Cc1ccccc1)C(=O)NCc1ccc2c(c1)CN(C1CCC(=O)NC1=O)C2=O. The summed E-state index contributed by atoms with van der Waals surface area (Å²) in [5.74, 6) is -1.55. The van der Waals surface area contributed by atoms with Crippen molar-refractivity contribution >= 4 is 29.7 Å². The molecule has 2 aliphatic rings. The van der Waals surface area contributed by atoms with Gasteiger partial charge in [0.15, 0.2) is 0 Å². The topological polar surface area (TPSA) is 145 Å². The summed E-state index contributed by atoms with van der Waals surface area (Å²) in [5.41, 5.74) is 2.76. The molecule has 4 N–H and O–H groups in total. The number of fused-ring (bicyclic) bond motifs is 1. The van der Waals surface area contributed by atoms with Crippen molar-refractivity contribution in [1.82, 2.24) is 20.9 Å². The van der Waals surface area contributed by atoms with Crippen molar-refractivity contribution in [3.05, 3.63) is 70.8 Å². The van der Waals surface area contributed by atoms with Crippen LogP contribution in [0.15, 0.2) is 48.5 Å². The van der Waals surface area contributed by atoms with E-state index in [0.29, 0.717) is 5.56 Å². The Kier molecular flexibility index (Phi) is 6.58. The molecule has 10 nitrogen and oxygen atoms in total. The predicted octanol–water partition coefficient (Wildman–Crippen LogP) is 0.943. The second-order valence-electron chi connectivity index (χ2n) is 8.30. The van der Waals surface area contributed by atoms with Crippen molar-refractivity contribution in [3.63, 3.8) is 0 Å². The van der Waals surface area contributed by atoms with Crippen LogP contribution in [0.25, 0.3) is 0 Å². The molecule has 2 aromatic rings. The number of imide groups is 1. The molecular formula is C24H24N4O6. The molecule has 0 radical (unpaired) electrons. The smallest absolute Gasteiger partial charge is 0.405 e. The van der Waals surface area contributed by atoms with Crippen LogP contribution in [0.5, 0.6) is 0 Å². The van der Waals surface area contributed by atoms with Crippen molar-refractivity contribution in [2.45, 2.75) is 44.4 Å². The molecule has 0 aliphatic carbocycles. The lowest BCUT2D eigenvalue weighted by Gasteiger charge is -2.29. The number of nitrogens with zero attached hydrogens (tertiary/aromatic N) is 1. The summed E-state index contributed by atoms with van der Waals surface area (Å²) in [5, 5.41) is 16.4. The monoisotopic (exact) mass is 464 g/mol. The first kappa shape index (κ1) is 23.0. The lowest BCUT2D eigenvalue weighted by atomic mass is 10.0. The van der Waals surface area contributed by atoms with Gasteiger partial charge in [0.05, 0.1) is 0 Å². The molecule has 1 fully saturated rings. The van der Waals surface area contributed by atoms with E-state index in [-0.39, 0.29) is 44.2 Å². The van der Waals surface area contributed by atoms with Gasteiger partial charge < -0.3 is 20.6 Å². The van der Waals surface area contributed by atoms with Crippen LogP contribution in [0.3, 0.4) is 0 Å². The molecule has 4 rings (SSSR count). The van der Waals surface area contributed by atoms with Gasteiger partial charge >= 0.3 is 6.09 Å². The molecule has 0 saturated carbocycles. The number of amides is 5. The second-order valence-corrected chi connectivity index (χ2v) is 8.30. The molecule has 2 aromatic carbocycles. The molecular weight excluding hydrogens is 440 g/mol. The third-order valence-electron chi connectivity index (χ3n) is 5.95. The standard InChI is InChI=1S/C24H24N4O6/c29-20-9-8-19(22(31)27-20)28-13-16-10-15(6-7-17(16)23(28)32)12-25-21(30)18(26-24(33)34)11-14-4-2-1-3-5-14/h1-7,10,18-19,26H,8-9,11-13H2,(H,25,30)(H,33,34)(H,27,29,31)/t18-,19?/m1/s1. The van der Waals surface area contributed by atoms with Crippen LogP contribution in [-0.2, 0) is 33.9 Å². The summed E-state index contributed by atoms with van der Waals surface area (Å²) in [6.07, 6.45) is -0.617. The maximum atomic E-state index is 12.8. The number of carboxylic acid groups (broad SMARTS) is 1. The van der Waals surface area contributed by atoms with Crippen LogP contribution in [0.4, 0.5) is 4.79 Å². The zero-order valence-corrected chi connectivity index (χ0v) is 18.2. The minimum Gasteiger partial charge on any atom is -0.465 e. The molecule has 10 heteroatoms. The zero-order valence-electron chi connectivity index (χ0n) is 18.2. The third-order valence-corrected chi connectivity index (χ3v) is 5.95. The van der Waals surface area contributed by atoms with E-state index in [9.17, 15) is 24.0 Å². The number of hydrogen-bond acceptors (Lipinski definition) is 5. The third kappa shape index (κ3) is 5.06. The molecule has 34 heavy (non-hydrogen) atoms. The number of benzene rings is 2. The Bertz CT molecular complexity index is 1150. The van der Waals surface area contributed by atoms with E-state index in [1.165, 1.54) is 4.90 Å². The molecule has 0 bridgehead atoms. The largest absolute Gasteiger partial charge is 0.465 e. The molecule has 1 saturated heterocycles. The van der Waals surface area contributed by atoms with Gasteiger partial charge in [0.1, 0.15) is 12.1 Å². The van der Waals surface area contributed by atoms with E-state index in [1.54, 1.807) is 18.2 Å². The van der Waals surface area contributed by atoms with Crippen LogP contribution >= 0.6 is 0 Å². The van der Waals surface area contributed by atoms with Crippen molar-refractivity contribution in [1.29, 1.82) is 0 Å². The Morgan fingerprint density at radius 3 is 2.56 bits per heavy atom. The van der Waals surface area contributed by atoms with Crippen LogP contribution in [-0.4, -0.2) is 51.8 Å². The molecule has 5 amide bonds. The van der Waals surface area contributed by atoms with Gasteiger partial charge in [-0.1, -0.05) is 42.5 Å². The number of rotatable bonds is 7. The van der Waals surface area contributed by atoms with Crippen LogP contribution in [0.2, 0.25) is 0 Å². The lowest BCUT2D eigenvalue weighted by Crippen LogP contribution is -2.52. The first-order chi connectivity index (χ1) is 16.3. The van der Waals surface area contributed by atoms with Gasteiger partial charge in [-0.2, -0.15) is 0 Å². The number of carbonyl (C=O) groups is 5. The predicted molar refractivity (Wildman–Crippen MR) is 119 cm³/mol. The van der Waals surface area contributed by atoms with Gasteiger partial charge in [0, 0.05) is 31.5 Å². The highest BCUT2D eigenvalue weighted by Gasteiger charge is 2.39. The Morgan fingerprint density at radius 1 is 1.09 bits per heavy atom. The van der Waals surface area contributed by atoms with Gasteiger partial charge in [-0.25, -0.2) is 4.79 Å². The summed E-state index contributed by atoms with van der Waals surface area (Å²) in [4.78, 5) is 61.7. The fourth-order valence-corrected chi connectivity index (χ4v) is 4.26. The van der Waals surface area contributed by atoms with E-state index in [0.717, 1.165) is 16.7 Å². The van der Waals surface area contributed by atoms with E-state index in [4.69, 9.17) is 5.11 Å². The fraction of sp³-hybridized carbons (Fsp3) is 0.292. The molecule has 0 aromatic heterocycles. The maximum absolute atomic E-state index is 12.8. The van der Waals surface area contributed by atoms with Crippen molar-refractivity contribution < 1.29 is 29.1 Å². The van der Waals surface area contributed by atoms with Crippen LogP contribution < -0.4 is 16.0 Å². The summed E-state index contributed by atoms with van der Waals surface area (Å²) < 4.78 is 0. The number of carbonyl (C=O) groups excluding carboxylic acids is 4. The van der Waals surface area contributed by atoms with Gasteiger partial charge in [-0.3, -0.25) is 24.5 Å². The summed E-state index contributed by atoms with van der Waals surface area (Å²) in [6.45, 7) is 0.380. The summed E-state index contributed by atoms with van der Waals surface area (Å²) in [7, 11) is 0. The molecule has 2 aliphatic heterocycles. The minimum atomic E-state index is -1.29. The van der Waals surface area contributed by atoms with E-state index in [1.807, 2.05) is 30.3 Å². The number of hydrogen-bond donors (Lipinski definition) is 4. The van der Waals surface area contributed by atoms with E-state index in [2.05, 4.69) is 16.0 Å². The zero-order chi connectivity index (χ0) is 24.2. The Labute approximate surface area is 195 Å². The average Bonchev–Trinajstić information content (AvgIpc) is 3.13. The average molecular weight is 464 g/mol. The van der Waals surface area contributed by atoms with Gasteiger partial charge in [0.25, 0.3) is 5.91 Å². The van der Waals surface area contributed by atoms with Gasteiger partial charge in [-0.05, 0) is 29.2 Å². The van der Waals surface area contributed by atoms with Crippen molar-refractivity contribution in [2.24, 2.45) is 0 Å².